The summed E-state index contributed by atoms with van der Waals surface area (Å²) in [6, 6.07) is 2.11. The lowest BCUT2D eigenvalue weighted by Crippen LogP contribution is -2.43. The molecule has 0 spiro atoms. The second-order valence-corrected chi connectivity index (χ2v) is 7.88. The Kier molecular flexibility index (Phi) is 13.2. The predicted octanol–water partition coefficient (Wildman–Crippen LogP) is 4.53. The number of unbranched alkanes of at least 4 members (excludes halogenated alkanes) is 9. The highest BCUT2D eigenvalue weighted by Gasteiger charge is 2.37. The fourth-order valence-electron chi connectivity index (χ4n) is 2.23. The molecule has 3 nitrogen and oxygen atoms in total. The van der Waals surface area contributed by atoms with Gasteiger partial charge in [0.1, 0.15) is 0 Å². The third-order valence-corrected chi connectivity index (χ3v) is 6.05. The van der Waals surface area contributed by atoms with Gasteiger partial charge in [0.2, 0.25) is 0 Å². The maximum atomic E-state index is 5.36. The van der Waals surface area contributed by atoms with Gasteiger partial charge in [-0.1, -0.05) is 64.7 Å². The molecule has 0 amide bonds. The van der Waals surface area contributed by atoms with Crippen LogP contribution in [0, 0.1) is 6.04 Å². The Morgan fingerprint density at radius 3 is 1.53 bits per heavy atom. The van der Waals surface area contributed by atoms with E-state index in [-0.39, 0.29) is 0 Å². The first-order valence-electron chi connectivity index (χ1n) is 7.74. The van der Waals surface area contributed by atoms with Crippen molar-refractivity contribution < 1.29 is 13.3 Å². The summed E-state index contributed by atoms with van der Waals surface area (Å²) in [4.78, 5) is 0. The van der Waals surface area contributed by atoms with Crippen molar-refractivity contribution in [3.8, 4) is 0 Å². The van der Waals surface area contributed by atoms with E-state index in [0.717, 1.165) is 6.42 Å². The fraction of sp³-hybridized carbons (Fsp3) is 0.933. The first-order valence-corrected chi connectivity index (χ1v) is 9.54. The monoisotopic (exact) mass is 289 g/mol. The summed E-state index contributed by atoms with van der Waals surface area (Å²) in [5, 5.41) is 0. The molecular formula is C15H33O3Si. The van der Waals surface area contributed by atoms with E-state index in [4.69, 9.17) is 13.3 Å². The van der Waals surface area contributed by atoms with Crippen molar-refractivity contribution in [3.05, 3.63) is 6.04 Å². The Balaban J connectivity index is 3.35. The summed E-state index contributed by atoms with van der Waals surface area (Å²) in [5.41, 5.74) is 0. The van der Waals surface area contributed by atoms with Gasteiger partial charge in [-0.3, -0.25) is 0 Å². The average molecular weight is 290 g/mol. The van der Waals surface area contributed by atoms with Crippen LogP contribution < -0.4 is 0 Å². The van der Waals surface area contributed by atoms with Crippen LogP contribution in [0.2, 0.25) is 0 Å². The van der Waals surface area contributed by atoms with E-state index in [0.29, 0.717) is 0 Å². The molecule has 0 aromatic carbocycles. The van der Waals surface area contributed by atoms with Crippen molar-refractivity contribution in [1.29, 1.82) is 0 Å². The molecule has 0 unspecified atom stereocenters. The van der Waals surface area contributed by atoms with Gasteiger partial charge in [-0.2, -0.15) is 0 Å². The molecule has 0 aliphatic rings. The van der Waals surface area contributed by atoms with Gasteiger partial charge < -0.3 is 13.3 Å². The highest BCUT2D eigenvalue weighted by molar-refractivity contribution is 6.64. The highest BCUT2D eigenvalue weighted by atomic mass is 28.4. The van der Waals surface area contributed by atoms with E-state index in [2.05, 4.69) is 13.0 Å². The first kappa shape index (κ1) is 19.1. The van der Waals surface area contributed by atoms with Crippen LogP contribution in [0.5, 0.6) is 0 Å². The second kappa shape index (κ2) is 13.1. The van der Waals surface area contributed by atoms with Crippen LogP contribution in [-0.4, -0.2) is 30.1 Å². The Labute approximate surface area is 121 Å². The topological polar surface area (TPSA) is 27.7 Å². The zero-order chi connectivity index (χ0) is 14.4. The number of hydrogen-bond acceptors (Lipinski definition) is 3. The third kappa shape index (κ3) is 9.60. The standard InChI is InChI=1S/C15H33O3Si/c1-5-6-7-8-9-10-11-12-13-14-15-19(16-2,17-3)18-4/h15H,5-14H2,1-4H3. The van der Waals surface area contributed by atoms with Gasteiger partial charge >= 0.3 is 8.80 Å². The van der Waals surface area contributed by atoms with E-state index >= 15 is 0 Å². The molecule has 0 aliphatic heterocycles. The van der Waals surface area contributed by atoms with Crippen LogP contribution in [0.3, 0.4) is 0 Å². The molecular weight excluding hydrogens is 256 g/mol. The molecule has 0 N–H and O–H groups in total. The highest BCUT2D eigenvalue weighted by Crippen LogP contribution is 2.16. The minimum atomic E-state index is -2.43. The smallest absolute Gasteiger partial charge is 0.377 e. The Morgan fingerprint density at radius 1 is 0.684 bits per heavy atom. The van der Waals surface area contributed by atoms with E-state index in [1.807, 2.05) is 0 Å². The molecule has 0 rings (SSSR count). The lowest BCUT2D eigenvalue weighted by Gasteiger charge is -2.23. The number of rotatable bonds is 14. The molecule has 0 heterocycles. The summed E-state index contributed by atoms with van der Waals surface area (Å²) in [5.74, 6) is 0. The van der Waals surface area contributed by atoms with E-state index in [1.165, 1.54) is 57.8 Å². The average Bonchev–Trinajstić information content (AvgIpc) is 2.46. The Bertz CT molecular complexity index is 176. The molecule has 4 heteroatoms. The predicted molar refractivity (Wildman–Crippen MR) is 82.9 cm³/mol. The van der Waals surface area contributed by atoms with Gasteiger partial charge in [-0.25, -0.2) is 0 Å². The SMILES string of the molecule is CCCCCCCCCCC[CH][Si](OC)(OC)OC. The fourth-order valence-corrected chi connectivity index (χ4v) is 3.79. The third-order valence-electron chi connectivity index (χ3n) is 3.56. The van der Waals surface area contributed by atoms with Crippen LogP contribution in [-0.2, 0) is 13.3 Å². The molecule has 0 atom stereocenters. The Hall–Kier alpha value is 0.0969. The lowest BCUT2D eigenvalue weighted by molar-refractivity contribution is 0.132. The zero-order valence-electron chi connectivity index (χ0n) is 13.4. The van der Waals surface area contributed by atoms with Crippen molar-refractivity contribution in [1.82, 2.24) is 0 Å². The van der Waals surface area contributed by atoms with Crippen LogP contribution in [0.4, 0.5) is 0 Å². The Morgan fingerprint density at radius 2 is 1.11 bits per heavy atom. The zero-order valence-corrected chi connectivity index (χ0v) is 14.4. The van der Waals surface area contributed by atoms with Gasteiger partial charge in [-0.05, 0) is 6.42 Å². The first-order chi connectivity index (χ1) is 9.24. The van der Waals surface area contributed by atoms with Crippen molar-refractivity contribution >= 4 is 8.80 Å². The minimum absolute atomic E-state index is 1.03. The second-order valence-electron chi connectivity index (χ2n) is 5.04. The molecule has 0 bridgehead atoms. The van der Waals surface area contributed by atoms with Gasteiger partial charge in [-0.15, -0.1) is 0 Å². The summed E-state index contributed by atoms with van der Waals surface area (Å²) in [6.07, 6.45) is 13.2. The largest absolute Gasteiger partial charge is 0.503 e. The van der Waals surface area contributed by atoms with Crippen molar-refractivity contribution in [3.63, 3.8) is 0 Å². The molecule has 0 saturated carbocycles. The summed E-state index contributed by atoms with van der Waals surface area (Å²) >= 11 is 0. The summed E-state index contributed by atoms with van der Waals surface area (Å²) in [6.45, 7) is 2.26. The number of hydrogen-bond donors (Lipinski definition) is 0. The van der Waals surface area contributed by atoms with Crippen LogP contribution in [0.1, 0.15) is 71.1 Å². The molecule has 0 aliphatic carbocycles. The molecule has 0 fully saturated rings. The molecule has 0 aromatic rings. The van der Waals surface area contributed by atoms with Crippen molar-refractivity contribution in [2.24, 2.45) is 0 Å². The van der Waals surface area contributed by atoms with Crippen LogP contribution in [0.15, 0.2) is 0 Å². The summed E-state index contributed by atoms with van der Waals surface area (Å²) in [7, 11) is 2.54. The quantitative estimate of drug-likeness (QED) is 0.347. The van der Waals surface area contributed by atoms with Gasteiger partial charge in [0.05, 0.1) is 0 Å². The van der Waals surface area contributed by atoms with Gasteiger partial charge in [0.15, 0.2) is 0 Å². The molecule has 0 saturated heterocycles. The van der Waals surface area contributed by atoms with Crippen molar-refractivity contribution in [2.75, 3.05) is 21.3 Å². The maximum absolute atomic E-state index is 5.36. The molecule has 19 heavy (non-hydrogen) atoms. The van der Waals surface area contributed by atoms with Gasteiger partial charge in [0.25, 0.3) is 0 Å². The van der Waals surface area contributed by atoms with E-state index in [9.17, 15) is 0 Å². The van der Waals surface area contributed by atoms with Crippen LogP contribution >= 0.6 is 0 Å². The molecule has 115 valence electrons. The minimum Gasteiger partial charge on any atom is -0.377 e. The summed E-state index contributed by atoms with van der Waals surface area (Å²) < 4.78 is 16.1. The van der Waals surface area contributed by atoms with E-state index in [1.54, 1.807) is 21.3 Å². The molecule has 0 aromatic heterocycles. The molecule has 1 radical (unpaired) electrons. The van der Waals surface area contributed by atoms with Gasteiger partial charge in [0, 0.05) is 27.4 Å². The maximum Gasteiger partial charge on any atom is 0.503 e. The van der Waals surface area contributed by atoms with Crippen molar-refractivity contribution in [2.45, 2.75) is 71.1 Å². The lowest BCUT2D eigenvalue weighted by atomic mass is 10.1. The normalized spacial score (nSPS) is 12.0. The van der Waals surface area contributed by atoms with E-state index < -0.39 is 8.80 Å². The van der Waals surface area contributed by atoms with Crippen LogP contribution in [0.25, 0.3) is 0 Å².